The van der Waals surface area contributed by atoms with Gasteiger partial charge in [-0.05, 0) is 42.3 Å². The number of rotatable bonds is 6. The predicted octanol–water partition coefficient (Wildman–Crippen LogP) is 6.11. The SMILES string of the molecule is Cc1nn(-c2ccccc2)c2c1[C@H](c1ccc(Cl)cc1)c1c(ncn3nc(CO/N=C\c4ccccc4)nc13)O2. The molecule has 9 nitrogen and oxygen atoms in total. The summed E-state index contributed by atoms with van der Waals surface area (Å²) in [5, 5.41) is 14.2. The first-order valence-electron chi connectivity index (χ1n) is 12.7. The molecule has 7 rings (SSSR count). The monoisotopic (exact) mass is 547 g/mol. The largest absolute Gasteiger partial charge is 0.420 e. The maximum Gasteiger partial charge on any atom is 0.230 e. The van der Waals surface area contributed by atoms with Gasteiger partial charge in [0.2, 0.25) is 11.8 Å². The van der Waals surface area contributed by atoms with E-state index in [0.717, 1.165) is 33.6 Å². The second kappa shape index (κ2) is 9.94. The number of benzene rings is 3. The predicted molar refractivity (Wildman–Crippen MR) is 150 cm³/mol. The standard InChI is InChI=1S/C30H22ClN7O2/c1-19-25-26(21-12-14-22(31)15-13-21)27-28-34-24(17-39-33-16-20-8-4-2-5-9-20)36-37(28)18-32-29(27)40-30(25)38(35-19)23-10-6-3-7-11-23/h2-16,18,26H,17H2,1H3/b33-16-/t26-/m0/s1. The van der Waals surface area contributed by atoms with Crippen molar-refractivity contribution in [3.63, 3.8) is 0 Å². The van der Waals surface area contributed by atoms with Crippen LogP contribution in [0.1, 0.15) is 39.7 Å². The van der Waals surface area contributed by atoms with Gasteiger partial charge in [0.05, 0.1) is 34.6 Å². The fourth-order valence-electron chi connectivity index (χ4n) is 4.95. The molecule has 0 radical (unpaired) electrons. The number of aryl methyl sites for hydroxylation is 1. The maximum absolute atomic E-state index is 6.45. The van der Waals surface area contributed by atoms with Gasteiger partial charge in [-0.3, -0.25) is 0 Å². The second-order valence-electron chi connectivity index (χ2n) is 9.32. The molecule has 196 valence electrons. The normalized spacial score (nSPS) is 14.2. The molecule has 0 amide bonds. The van der Waals surface area contributed by atoms with Crippen LogP contribution in [-0.2, 0) is 11.4 Å². The minimum Gasteiger partial charge on any atom is -0.420 e. The van der Waals surface area contributed by atoms with Crippen LogP contribution < -0.4 is 4.74 Å². The summed E-state index contributed by atoms with van der Waals surface area (Å²) in [6.45, 7) is 2.08. The van der Waals surface area contributed by atoms with Crippen LogP contribution in [0.4, 0.5) is 0 Å². The van der Waals surface area contributed by atoms with Crippen LogP contribution in [0.2, 0.25) is 5.02 Å². The van der Waals surface area contributed by atoms with E-state index < -0.39 is 0 Å². The summed E-state index contributed by atoms with van der Waals surface area (Å²) in [6.07, 6.45) is 3.25. The van der Waals surface area contributed by atoms with E-state index in [1.807, 2.05) is 96.5 Å². The quantitative estimate of drug-likeness (QED) is 0.184. The highest BCUT2D eigenvalue weighted by molar-refractivity contribution is 6.30. The summed E-state index contributed by atoms with van der Waals surface area (Å²) in [5.41, 5.74) is 6.02. The van der Waals surface area contributed by atoms with Gasteiger partial charge in [-0.15, -0.1) is 5.10 Å². The molecule has 0 unspecified atom stereocenters. The second-order valence-corrected chi connectivity index (χ2v) is 9.75. The molecule has 0 saturated heterocycles. The minimum absolute atomic E-state index is 0.0997. The molecule has 40 heavy (non-hydrogen) atoms. The van der Waals surface area contributed by atoms with Crippen molar-refractivity contribution >= 4 is 23.5 Å². The lowest BCUT2D eigenvalue weighted by Gasteiger charge is -2.26. The Morgan fingerprint density at radius 2 is 1.70 bits per heavy atom. The molecular formula is C30H22ClN7O2. The van der Waals surface area contributed by atoms with Crippen molar-refractivity contribution in [1.82, 2.24) is 29.4 Å². The van der Waals surface area contributed by atoms with Crippen molar-refractivity contribution in [3.05, 3.63) is 130 Å². The number of nitrogens with zero attached hydrogens (tertiary/aromatic N) is 7. The number of fused-ring (bicyclic) bond motifs is 4. The molecule has 0 aliphatic carbocycles. The average Bonchev–Trinajstić information content (AvgIpc) is 3.56. The third-order valence-corrected chi connectivity index (χ3v) is 6.99. The number of para-hydroxylation sites is 1. The van der Waals surface area contributed by atoms with Gasteiger partial charge >= 0.3 is 0 Å². The molecule has 3 aromatic carbocycles. The van der Waals surface area contributed by atoms with Crippen LogP contribution >= 0.6 is 11.6 Å². The molecule has 0 bridgehead atoms. The zero-order chi connectivity index (χ0) is 27.1. The Balaban J connectivity index is 1.31. The lowest BCUT2D eigenvalue weighted by atomic mass is 9.84. The van der Waals surface area contributed by atoms with Gasteiger partial charge in [-0.1, -0.05) is 77.4 Å². The first-order valence-corrected chi connectivity index (χ1v) is 13.1. The maximum atomic E-state index is 6.45. The van der Waals surface area contributed by atoms with Gasteiger partial charge in [-0.25, -0.2) is 19.2 Å². The molecule has 1 aliphatic heterocycles. The van der Waals surface area contributed by atoms with E-state index in [1.165, 1.54) is 0 Å². The van der Waals surface area contributed by atoms with Gasteiger partial charge in [0.1, 0.15) is 6.33 Å². The van der Waals surface area contributed by atoms with Crippen LogP contribution in [0.15, 0.2) is 96.4 Å². The van der Waals surface area contributed by atoms with E-state index in [4.69, 9.17) is 31.3 Å². The van der Waals surface area contributed by atoms with Gasteiger partial charge in [0.25, 0.3) is 0 Å². The lowest BCUT2D eigenvalue weighted by molar-refractivity contribution is 0.126. The number of aromatic nitrogens is 6. The van der Waals surface area contributed by atoms with Crippen molar-refractivity contribution < 1.29 is 9.57 Å². The van der Waals surface area contributed by atoms with E-state index in [9.17, 15) is 0 Å². The van der Waals surface area contributed by atoms with Crippen LogP contribution in [0.25, 0.3) is 11.3 Å². The zero-order valence-corrected chi connectivity index (χ0v) is 22.1. The molecular weight excluding hydrogens is 526 g/mol. The number of hydrogen-bond donors (Lipinski definition) is 0. The van der Waals surface area contributed by atoms with Gasteiger partial charge in [0, 0.05) is 5.02 Å². The highest BCUT2D eigenvalue weighted by Gasteiger charge is 2.38. The van der Waals surface area contributed by atoms with Crippen molar-refractivity contribution in [3.8, 4) is 17.4 Å². The Bertz CT molecular complexity index is 1850. The summed E-state index contributed by atoms with van der Waals surface area (Å²) in [4.78, 5) is 14.9. The van der Waals surface area contributed by atoms with E-state index in [0.29, 0.717) is 28.3 Å². The molecule has 6 aromatic rings. The van der Waals surface area contributed by atoms with E-state index in [1.54, 1.807) is 17.1 Å². The van der Waals surface area contributed by atoms with Crippen LogP contribution in [0, 0.1) is 6.92 Å². The fraction of sp³-hybridized carbons (Fsp3) is 0.100. The Morgan fingerprint density at radius 1 is 0.950 bits per heavy atom. The number of ether oxygens (including phenoxy) is 1. The molecule has 1 atom stereocenters. The molecule has 0 spiro atoms. The molecule has 10 heteroatoms. The third kappa shape index (κ3) is 4.26. The highest BCUT2D eigenvalue weighted by atomic mass is 35.5. The van der Waals surface area contributed by atoms with E-state index in [-0.39, 0.29) is 12.5 Å². The van der Waals surface area contributed by atoms with Crippen molar-refractivity contribution in [2.45, 2.75) is 19.4 Å². The molecule has 3 aromatic heterocycles. The van der Waals surface area contributed by atoms with Gasteiger partial charge in [-0.2, -0.15) is 5.10 Å². The number of hydrogen-bond acceptors (Lipinski definition) is 7. The Labute approximate surface area is 234 Å². The first-order chi connectivity index (χ1) is 19.7. The van der Waals surface area contributed by atoms with Crippen molar-refractivity contribution in [2.24, 2.45) is 5.16 Å². The minimum atomic E-state index is -0.265. The molecule has 0 N–H and O–H groups in total. The smallest absolute Gasteiger partial charge is 0.230 e. The summed E-state index contributed by atoms with van der Waals surface area (Å²) in [5.74, 6) is 1.27. The third-order valence-electron chi connectivity index (χ3n) is 6.74. The molecule has 1 aliphatic rings. The zero-order valence-electron chi connectivity index (χ0n) is 21.3. The summed E-state index contributed by atoms with van der Waals surface area (Å²) >= 11 is 6.26. The van der Waals surface area contributed by atoms with Crippen molar-refractivity contribution in [1.29, 1.82) is 0 Å². The lowest BCUT2D eigenvalue weighted by Crippen LogP contribution is -2.16. The van der Waals surface area contributed by atoms with E-state index >= 15 is 0 Å². The highest BCUT2D eigenvalue weighted by Crippen LogP contribution is 2.49. The van der Waals surface area contributed by atoms with Crippen molar-refractivity contribution in [2.75, 3.05) is 0 Å². The Kier molecular flexibility index (Phi) is 5.98. The Morgan fingerprint density at radius 3 is 2.48 bits per heavy atom. The molecule has 0 saturated carbocycles. The summed E-state index contributed by atoms with van der Waals surface area (Å²) in [7, 11) is 0. The fourth-order valence-corrected chi connectivity index (χ4v) is 5.07. The average molecular weight is 548 g/mol. The summed E-state index contributed by atoms with van der Waals surface area (Å²) in [6, 6.07) is 27.4. The topological polar surface area (TPSA) is 91.7 Å². The van der Waals surface area contributed by atoms with Crippen LogP contribution in [-0.4, -0.2) is 35.6 Å². The Hall–Kier alpha value is -5.02. The van der Waals surface area contributed by atoms with E-state index in [2.05, 4.69) is 15.2 Å². The van der Waals surface area contributed by atoms with Crippen LogP contribution in [0.3, 0.4) is 0 Å². The summed E-state index contributed by atoms with van der Waals surface area (Å²) < 4.78 is 9.91. The molecule has 0 fully saturated rings. The molecule has 4 heterocycles. The number of halogens is 1. The van der Waals surface area contributed by atoms with Gasteiger partial charge in [0.15, 0.2) is 18.1 Å². The number of oxime groups is 1. The first kappa shape index (κ1) is 24.1. The van der Waals surface area contributed by atoms with Gasteiger partial charge < -0.3 is 9.57 Å². The van der Waals surface area contributed by atoms with Crippen LogP contribution in [0.5, 0.6) is 11.8 Å².